The van der Waals surface area contributed by atoms with Crippen LogP contribution in [0.4, 0.5) is 11.4 Å². The number of nitro groups is 1. The van der Waals surface area contributed by atoms with E-state index in [0.717, 1.165) is 6.07 Å². The Bertz CT molecular complexity index is 914. The summed E-state index contributed by atoms with van der Waals surface area (Å²) in [5.74, 6) is -0.874. The normalized spacial score (nSPS) is 10.1. The molecule has 0 saturated carbocycles. The van der Waals surface area contributed by atoms with Crippen molar-refractivity contribution >= 4 is 34.9 Å². The molecule has 0 spiro atoms. The Morgan fingerprint density at radius 2 is 1.70 bits per heavy atom. The van der Waals surface area contributed by atoms with Crippen molar-refractivity contribution in [2.24, 2.45) is 0 Å². The number of hydrogen-bond acceptors (Lipinski definition) is 7. The lowest BCUT2D eigenvalue weighted by Gasteiger charge is -2.14. The summed E-state index contributed by atoms with van der Waals surface area (Å²) in [6, 6.07) is 6.34. The molecule has 0 heterocycles. The second-order valence-corrected chi connectivity index (χ2v) is 5.53. The van der Waals surface area contributed by atoms with Gasteiger partial charge in [-0.05, 0) is 12.1 Å². The average Bonchev–Trinajstić information content (AvgIpc) is 2.66. The number of amides is 1. The van der Waals surface area contributed by atoms with Crippen LogP contribution in [-0.2, 0) is 4.74 Å². The van der Waals surface area contributed by atoms with Crippen LogP contribution in [0.3, 0.4) is 0 Å². The molecule has 2 rings (SSSR count). The summed E-state index contributed by atoms with van der Waals surface area (Å²) in [4.78, 5) is 34.8. The van der Waals surface area contributed by atoms with Crippen LogP contribution in [0.5, 0.6) is 11.5 Å². The van der Waals surface area contributed by atoms with E-state index in [4.69, 9.17) is 25.8 Å². The quantitative estimate of drug-likeness (QED) is 0.453. The largest absolute Gasteiger partial charge is 0.493 e. The van der Waals surface area contributed by atoms with Gasteiger partial charge in [0.1, 0.15) is 5.02 Å². The first-order valence-corrected chi connectivity index (χ1v) is 7.79. The zero-order valence-electron chi connectivity index (χ0n) is 14.6. The van der Waals surface area contributed by atoms with Gasteiger partial charge in [-0.15, -0.1) is 0 Å². The van der Waals surface area contributed by atoms with E-state index in [1.54, 1.807) is 0 Å². The monoisotopic (exact) mass is 394 g/mol. The van der Waals surface area contributed by atoms with Crippen LogP contribution in [0.15, 0.2) is 30.3 Å². The van der Waals surface area contributed by atoms with Gasteiger partial charge in [-0.2, -0.15) is 0 Å². The van der Waals surface area contributed by atoms with Crippen molar-refractivity contribution in [3.63, 3.8) is 0 Å². The lowest BCUT2D eigenvalue weighted by atomic mass is 10.1. The van der Waals surface area contributed by atoms with Crippen molar-refractivity contribution in [2.45, 2.75) is 0 Å². The molecule has 0 aliphatic heterocycles. The minimum Gasteiger partial charge on any atom is -0.493 e. The third kappa shape index (κ3) is 4.26. The van der Waals surface area contributed by atoms with E-state index in [0.29, 0.717) is 0 Å². The Morgan fingerprint density at radius 1 is 1.07 bits per heavy atom. The number of ether oxygens (including phenoxy) is 3. The van der Waals surface area contributed by atoms with E-state index in [1.165, 1.54) is 45.6 Å². The average molecular weight is 395 g/mol. The SMILES string of the molecule is COC(=O)c1cc(OC)c(OC)cc1NC(=O)c1ccc(Cl)c([N+](=O)[O-])c1. The molecule has 0 bridgehead atoms. The van der Waals surface area contributed by atoms with Gasteiger partial charge in [0.15, 0.2) is 11.5 Å². The second-order valence-electron chi connectivity index (χ2n) is 5.12. The lowest BCUT2D eigenvalue weighted by molar-refractivity contribution is -0.384. The number of nitrogens with zero attached hydrogens (tertiary/aromatic N) is 1. The van der Waals surface area contributed by atoms with E-state index in [-0.39, 0.29) is 33.3 Å². The topological polar surface area (TPSA) is 117 Å². The Balaban J connectivity index is 2.46. The highest BCUT2D eigenvalue weighted by atomic mass is 35.5. The van der Waals surface area contributed by atoms with Crippen molar-refractivity contribution < 1.29 is 28.7 Å². The maximum absolute atomic E-state index is 12.5. The standard InChI is InChI=1S/C17H15ClN2O7/c1-25-14-7-10(17(22)27-3)12(8-15(14)26-2)19-16(21)9-4-5-11(18)13(6-9)20(23)24/h4-8H,1-3H3,(H,19,21). The zero-order chi connectivity index (χ0) is 20.1. The number of carbonyl (C=O) groups excluding carboxylic acids is 2. The summed E-state index contributed by atoms with van der Waals surface area (Å²) >= 11 is 5.75. The predicted octanol–water partition coefficient (Wildman–Crippen LogP) is 3.30. The zero-order valence-corrected chi connectivity index (χ0v) is 15.3. The van der Waals surface area contributed by atoms with Gasteiger partial charge in [-0.3, -0.25) is 14.9 Å². The summed E-state index contributed by atoms with van der Waals surface area (Å²) in [7, 11) is 3.97. The molecule has 2 aromatic rings. The number of methoxy groups -OCH3 is 3. The number of nitrogens with one attached hydrogen (secondary N) is 1. The summed E-state index contributed by atoms with van der Waals surface area (Å²) in [5.41, 5.74) is -0.324. The van der Waals surface area contributed by atoms with E-state index in [1.807, 2.05) is 0 Å². The molecule has 27 heavy (non-hydrogen) atoms. The molecule has 0 unspecified atom stereocenters. The molecule has 0 saturated heterocycles. The van der Waals surface area contributed by atoms with Crippen LogP contribution in [-0.4, -0.2) is 38.1 Å². The number of halogens is 1. The smallest absolute Gasteiger partial charge is 0.340 e. The van der Waals surface area contributed by atoms with Crippen LogP contribution >= 0.6 is 11.6 Å². The Hall–Kier alpha value is -3.33. The Kier molecular flexibility index (Phi) is 6.19. The van der Waals surface area contributed by atoms with Gasteiger partial charge in [0.2, 0.25) is 0 Å². The van der Waals surface area contributed by atoms with Crippen molar-refractivity contribution in [1.29, 1.82) is 0 Å². The molecule has 2 aromatic carbocycles. The molecule has 0 atom stereocenters. The van der Waals surface area contributed by atoms with Crippen molar-refractivity contribution in [3.05, 3.63) is 56.6 Å². The van der Waals surface area contributed by atoms with Gasteiger partial charge in [0.05, 0.1) is 37.5 Å². The van der Waals surface area contributed by atoms with Gasteiger partial charge in [0.25, 0.3) is 11.6 Å². The first-order valence-electron chi connectivity index (χ1n) is 7.42. The first kappa shape index (κ1) is 20.0. The van der Waals surface area contributed by atoms with Crippen LogP contribution in [0.2, 0.25) is 5.02 Å². The fourth-order valence-corrected chi connectivity index (χ4v) is 2.44. The second kappa shape index (κ2) is 8.37. The van der Waals surface area contributed by atoms with Gasteiger partial charge in [-0.25, -0.2) is 4.79 Å². The van der Waals surface area contributed by atoms with E-state index in [2.05, 4.69) is 5.32 Å². The number of rotatable bonds is 6. The van der Waals surface area contributed by atoms with Gasteiger partial charge < -0.3 is 19.5 Å². The first-order chi connectivity index (χ1) is 12.8. The highest BCUT2D eigenvalue weighted by Crippen LogP contribution is 2.34. The molecule has 142 valence electrons. The molecule has 0 radical (unpaired) electrons. The van der Waals surface area contributed by atoms with E-state index >= 15 is 0 Å². The van der Waals surface area contributed by atoms with Gasteiger partial charge in [-0.1, -0.05) is 11.6 Å². The fraction of sp³-hybridized carbons (Fsp3) is 0.176. The predicted molar refractivity (Wildman–Crippen MR) is 96.9 cm³/mol. The highest BCUT2D eigenvalue weighted by molar-refractivity contribution is 6.32. The number of benzene rings is 2. The molecule has 0 aliphatic carbocycles. The molecule has 0 aliphatic rings. The molecule has 9 nitrogen and oxygen atoms in total. The van der Waals surface area contributed by atoms with Gasteiger partial charge in [0, 0.05) is 23.8 Å². The number of nitro benzene ring substituents is 1. The third-order valence-electron chi connectivity index (χ3n) is 3.58. The maximum Gasteiger partial charge on any atom is 0.340 e. The molecular formula is C17H15ClN2O7. The number of carbonyl (C=O) groups is 2. The maximum atomic E-state index is 12.5. The Labute approximate surface area is 158 Å². The van der Waals surface area contributed by atoms with E-state index in [9.17, 15) is 19.7 Å². The minimum absolute atomic E-state index is 0.0169. The van der Waals surface area contributed by atoms with Crippen molar-refractivity contribution in [1.82, 2.24) is 0 Å². The lowest BCUT2D eigenvalue weighted by Crippen LogP contribution is -2.16. The van der Waals surface area contributed by atoms with Gasteiger partial charge >= 0.3 is 5.97 Å². The number of hydrogen-bond donors (Lipinski definition) is 1. The summed E-state index contributed by atoms with van der Waals surface area (Å²) in [6.45, 7) is 0. The summed E-state index contributed by atoms with van der Waals surface area (Å²) in [5, 5.41) is 13.4. The molecule has 10 heteroatoms. The van der Waals surface area contributed by atoms with E-state index < -0.39 is 22.5 Å². The molecular weight excluding hydrogens is 380 g/mol. The molecule has 0 aromatic heterocycles. The summed E-state index contributed by atoms with van der Waals surface area (Å²) in [6.07, 6.45) is 0. The fourth-order valence-electron chi connectivity index (χ4n) is 2.25. The van der Waals surface area contributed by atoms with Crippen LogP contribution < -0.4 is 14.8 Å². The molecule has 1 N–H and O–H groups in total. The molecule has 1 amide bonds. The summed E-state index contributed by atoms with van der Waals surface area (Å²) < 4.78 is 15.0. The Morgan fingerprint density at radius 3 is 2.26 bits per heavy atom. The highest BCUT2D eigenvalue weighted by Gasteiger charge is 2.21. The van der Waals surface area contributed by atoms with Crippen molar-refractivity contribution in [2.75, 3.05) is 26.6 Å². The third-order valence-corrected chi connectivity index (χ3v) is 3.90. The van der Waals surface area contributed by atoms with Crippen LogP contribution in [0, 0.1) is 10.1 Å². The number of esters is 1. The molecule has 0 fully saturated rings. The van der Waals surface area contributed by atoms with Crippen LogP contribution in [0.1, 0.15) is 20.7 Å². The number of anilines is 1. The van der Waals surface area contributed by atoms with Crippen LogP contribution in [0.25, 0.3) is 0 Å². The van der Waals surface area contributed by atoms with Crippen molar-refractivity contribution in [3.8, 4) is 11.5 Å². The minimum atomic E-state index is -0.715.